The van der Waals surface area contributed by atoms with Crippen molar-refractivity contribution in [1.29, 1.82) is 10.5 Å². The third kappa shape index (κ3) is 5.32. The van der Waals surface area contributed by atoms with Crippen molar-refractivity contribution < 1.29 is 18.3 Å². The van der Waals surface area contributed by atoms with E-state index in [0.717, 1.165) is 30.7 Å². The van der Waals surface area contributed by atoms with Crippen LogP contribution >= 0.6 is 22.9 Å². The SMILES string of the molecule is C=CC(=O)N1CC(C)N(c2nc(OCC34CCCN3CC(F)C4)nc3c(Cl)c(-c4ccc(F)c5sc(N)c(C#N)c45)c(C#N)cc23)CC1C. The zero-order chi connectivity index (χ0) is 34.8. The number of fused-ring (bicyclic) bond motifs is 3. The van der Waals surface area contributed by atoms with Gasteiger partial charge < -0.3 is 20.3 Å². The molecule has 7 rings (SSSR count). The fourth-order valence-electron chi connectivity index (χ4n) is 7.83. The van der Waals surface area contributed by atoms with Crippen LogP contribution in [0.2, 0.25) is 5.02 Å². The van der Waals surface area contributed by atoms with Crippen LogP contribution in [0.5, 0.6) is 6.01 Å². The van der Waals surface area contributed by atoms with E-state index in [4.69, 9.17) is 32.0 Å². The molecule has 5 heterocycles. The number of thiophene rings is 1. The van der Waals surface area contributed by atoms with Crippen LogP contribution in [0.4, 0.5) is 19.6 Å². The molecule has 3 aliphatic rings. The van der Waals surface area contributed by atoms with E-state index in [1.807, 2.05) is 18.7 Å². The Morgan fingerprint density at radius 1 is 1.24 bits per heavy atom. The number of halogens is 3. The molecule has 252 valence electrons. The van der Waals surface area contributed by atoms with Gasteiger partial charge in [0.15, 0.2) is 0 Å². The van der Waals surface area contributed by atoms with E-state index in [-0.39, 0.29) is 72.9 Å². The fourth-order valence-corrected chi connectivity index (χ4v) is 9.13. The highest BCUT2D eigenvalue weighted by Gasteiger charge is 2.49. The zero-order valence-corrected chi connectivity index (χ0v) is 28.5. The van der Waals surface area contributed by atoms with Crippen molar-refractivity contribution in [3.05, 3.63) is 52.8 Å². The highest BCUT2D eigenvalue weighted by Crippen LogP contribution is 2.47. The van der Waals surface area contributed by atoms with Gasteiger partial charge in [0.1, 0.15) is 35.5 Å². The molecule has 4 unspecified atom stereocenters. The van der Waals surface area contributed by atoms with Crippen LogP contribution in [0.1, 0.15) is 44.2 Å². The molecule has 2 N–H and O–H groups in total. The minimum atomic E-state index is -0.938. The maximum Gasteiger partial charge on any atom is 0.319 e. The van der Waals surface area contributed by atoms with E-state index in [1.54, 1.807) is 11.0 Å². The summed E-state index contributed by atoms with van der Waals surface area (Å²) in [5, 5.41) is 21.4. The Morgan fingerprint density at radius 3 is 2.78 bits per heavy atom. The van der Waals surface area contributed by atoms with E-state index >= 15 is 4.39 Å². The summed E-state index contributed by atoms with van der Waals surface area (Å²) in [6, 6.07) is 8.34. The highest BCUT2D eigenvalue weighted by atomic mass is 35.5. The minimum Gasteiger partial charge on any atom is -0.461 e. The number of nitriles is 2. The van der Waals surface area contributed by atoms with Crippen molar-refractivity contribution >= 4 is 60.7 Å². The highest BCUT2D eigenvalue weighted by molar-refractivity contribution is 7.23. The lowest BCUT2D eigenvalue weighted by Gasteiger charge is -2.44. The van der Waals surface area contributed by atoms with Crippen LogP contribution in [0.3, 0.4) is 0 Å². The van der Waals surface area contributed by atoms with Crippen LogP contribution < -0.4 is 15.4 Å². The number of amides is 1. The smallest absolute Gasteiger partial charge is 0.319 e. The summed E-state index contributed by atoms with van der Waals surface area (Å²) in [6.45, 7) is 9.71. The van der Waals surface area contributed by atoms with Crippen molar-refractivity contribution in [2.45, 2.75) is 56.9 Å². The quantitative estimate of drug-likeness (QED) is 0.233. The van der Waals surface area contributed by atoms with Crippen LogP contribution in [-0.4, -0.2) is 82.3 Å². The Hall–Kier alpha value is -4.56. The predicted molar refractivity (Wildman–Crippen MR) is 186 cm³/mol. The lowest BCUT2D eigenvalue weighted by Crippen LogP contribution is -2.58. The summed E-state index contributed by atoms with van der Waals surface area (Å²) in [5.41, 5.74) is 6.85. The monoisotopic (exact) mass is 702 g/mol. The molecule has 10 nitrogen and oxygen atoms in total. The second-order valence-corrected chi connectivity index (χ2v) is 14.5. The Labute approximate surface area is 290 Å². The van der Waals surface area contributed by atoms with Gasteiger partial charge in [-0.05, 0) is 57.0 Å². The zero-order valence-electron chi connectivity index (χ0n) is 27.0. The third-order valence-electron chi connectivity index (χ3n) is 10.2. The van der Waals surface area contributed by atoms with Gasteiger partial charge in [0.25, 0.3) is 0 Å². The largest absolute Gasteiger partial charge is 0.461 e. The minimum absolute atomic E-state index is 0.0368. The van der Waals surface area contributed by atoms with Crippen molar-refractivity contribution in [3.63, 3.8) is 0 Å². The van der Waals surface area contributed by atoms with E-state index in [1.165, 1.54) is 18.2 Å². The van der Waals surface area contributed by atoms with Gasteiger partial charge in [0.05, 0.1) is 38.0 Å². The summed E-state index contributed by atoms with van der Waals surface area (Å²) in [4.78, 5) is 28.2. The average Bonchev–Trinajstić information content (AvgIpc) is 3.73. The Morgan fingerprint density at radius 2 is 2.04 bits per heavy atom. The molecule has 4 atom stereocenters. The predicted octanol–water partition coefficient (Wildman–Crippen LogP) is 6.20. The van der Waals surface area contributed by atoms with E-state index in [9.17, 15) is 19.7 Å². The van der Waals surface area contributed by atoms with Gasteiger partial charge >= 0.3 is 6.01 Å². The van der Waals surface area contributed by atoms with Gasteiger partial charge in [-0.3, -0.25) is 9.69 Å². The molecule has 2 aromatic carbocycles. The number of carbonyl (C=O) groups excluding carboxylic acids is 1. The summed E-state index contributed by atoms with van der Waals surface area (Å²) >= 11 is 8.18. The Kier molecular flexibility index (Phi) is 8.34. The summed E-state index contributed by atoms with van der Waals surface area (Å²) < 4.78 is 36.1. The topological polar surface area (TPSA) is 135 Å². The number of benzene rings is 2. The number of anilines is 2. The lowest BCUT2D eigenvalue weighted by atomic mass is 9.93. The molecule has 3 saturated heterocycles. The third-order valence-corrected chi connectivity index (χ3v) is 11.6. The molecular weight excluding hydrogens is 670 g/mol. The summed E-state index contributed by atoms with van der Waals surface area (Å²) in [5.74, 6) is -0.255. The number of piperazine rings is 1. The first-order chi connectivity index (χ1) is 23.5. The molecular formula is C35H33ClF2N8O2S. The Balaban J connectivity index is 1.42. The molecule has 0 bridgehead atoms. The Bertz CT molecular complexity index is 2130. The van der Waals surface area contributed by atoms with Gasteiger partial charge in [-0.25, -0.2) is 8.78 Å². The molecule has 4 aromatic rings. The molecule has 49 heavy (non-hydrogen) atoms. The first-order valence-corrected chi connectivity index (χ1v) is 17.3. The average molecular weight is 703 g/mol. The van der Waals surface area contributed by atoms with Crippen molar-refractivity contribution in [3.8, 4) is 29.3 Å². The summed E-state index contributed by atoms with van der Waals surface area (Å²) in [7, 11) is 0. The van der Waals surface area contributed by atoms with Crippen molar-refractivity contribution in [2.75, 3.05) is 43.4 Å². The second-order valence-electron chi connectivity index (χ2n) is 13.1. The van der Waals surface area contributed by atoms with Crippen LogP contribution in [-0.2, 0) is 4.79 Å². The van der Waals surface area contributed by atoms with Gasteiger partial charge in [0, 0.05) is 54.5 Å². The summed E-state index contributed by atoms with van der Waals surface area (Å²) in [6.07, 6.45) is 2.46. The molecule has 0 spiro atoms. The second kappa shape index (κ2) is 12.4. The van der Waals surface area contributed by atoms with Crippen LogP contribution in [0, 0.1) is 28.5 Å². The first-order valence-electron chi connectivity index (χ1n) is 16.1. The van der Waals surface area contributed by atoms with Crippen LogP contribution in [0.15, 0.2) is 30.9 Å². The molecule has 0 aliphatic carbocycles. The van der Waals surface area contributed by atoms with E-state index in [0.29, 0.717) is 42.8 Å². The number of rotatable bonds is 6. The maximum atomic E-state index is 15.0. The van der Waals surface area contributed by atoms with Gasteiger partial charge in [-0.15, -0.1) is 11.3 Å². The standard InChI is InChI=1S/C35H33ClF2N8O2S/c1-4-26(47)45-14-19(3)46(15-18(45)2)33-23-10-20(12-39)27(22-6-7-25(38)31-28(22)24(13-40)32(41)49-31)29(36)30(23)42-34(43-33)48-17-35-8-5-9-44(35)16-21(37)11-35/h4,6-7,10,18-19,21H,1,5,8-9,11,14-17,41H2,2-3H3. The molecule has 0 saturated carbocycles. The van der Waals surface area contributed by atoms with Gasteiger partial charge in [-0.1, -0.05) is 24.2 Å². The number of hydrogen-bond acceptors (Lipinski definition) is 10. The molecule has 0 radical (unpaired) electrons. The maximum absolute atomic E-state index is 15.0. The van der Waals surface area contributed by atoms with E-state index < -0.39 is 17.5 Å². The van der Waals surface area contributed by atoms with Crippen LogP contribution in [0.25, 0.3) is 32.1 Å². The van der Waals surface area contributed by atoms with Crippen molar-refractivity contribution in [1.82, 2.24) is 19.8 Å². The van der Waals surface area contributed by atoms with Gasteiger partial charge in [-0.2, -0.15) is 20.5 Å². The number of carbonyl (C=O) groups is 1. The number of nitrogens with zero attached hydrogens (tertiary/aromatic N) is 7. The fraction of sp³-hybridized carbons (Fsp3) is 0.400. The van der Waals surface area contributed by atoms with Gasteiger partial charge in [0.2, 0.25) is 5.91 Å². The molecule has 3 fully saturated rings. The lowest BCUT2D eigenvalue weighted by molar-refractivity contribution is -0.128. The number of alkyl halides is 1. The van der Waals surface area contributed by atoms with Crippen molar-refractivity contribution in [2.24, 2.45) is 0 Å². The molecule has 14 heteroatoms. The number of ether oxygens (including phenoxy) is 1. The number of nitrogen functional groups attached to an aromatic ring is 1. The normalized spacial score (nSPS) is 23.9. The molecule has 1 amide bonds. The number of aromatic nitrogens is 2. The number of hydrogen-bond donors (Lipinski definition) is 1. The van der Waals surface area contributed by atoms with E-state index in [2.05, 4.69) is 23.6 Å². The molecule has 2 aromatic heterocycles. The first kappa shape index (κ1) is 33.0. The molecule has 3 aliphatic heterocycles. The number of nitrogens with two attached hydrogens (primary N) is 1.